The Morgan fingerprint density at radius 1 is 0.647 bits per heavy atom. The predicted molar refractivity (Wildman–Crippen MR) is 217 cm³/mol. The lowest BCUT2D eigenvalue weighted by atomic mass is 10.0. The Bertz CT molecular complexity index is 1950. The molecule has 1 aliphatic heterocycles. The van der Waals surface area contributed by atoms with E-state index in [0.717, 1.165) is 0 Å². The molecular formula is C41H47ClN2O4SSi2. The zero-order valence-electron chi connectivity index (χ0n) is 30.1. The highest BCUT2D eigenvalue weighted by Gasteiger charge is 2.55. The zero-order chi connectivity index (χ0) is 36.4. The van der Waals surface area contributed by atoms with Gasteiger partial charge in [-0.1, -0.05) is 174 Å². The van der Waals surface area contributed by atoms with Crippen LogP contribution in [0.5, 0.6) is 0 Å². The molecule has 10 heteroatoms. The molecule has 5 aromatic rings. The monoisotopic (exact) mass is 754 g/mol. The number of hydrogen-bond acceptors (Lipinski definition) is 5. The van der Waals surface area contributed by atoms with Crippen LogP contribution in [0.1, 0.15) is 46.9 Å². The first-order valence-electron chi connectivity index (χ1n) is 17.5. The molecule has 0 spiro atoms. The van der Waals surface area contributed by atoms with Gasteiger partial charge >= 0.3 is 5.69 Å². The summed E-state index contributed by atoms with van der Waals surface area (Å²) in [5.41, 5.74) is -1.07. The second kappa shape index (κ2) is 14.9. The van der Waals surface area contributed by atoms with Gasteiger partial charge in [-0.2, -0.15) is 0 Å². The summed E-state index contributed by atoms with van der Waals surface area (Å²) in [5, 5.41) is 4.09. The summed E-state index contributed by atoms with van der Waals surface area (Å²) in [5.74, 6) is -0.116. The van der Waals surface area contributed by atoms with Crippen molar-refractivity contribution < 1.29 is 8.85 Å². The molecule has 1 fully saturated rings. The van der Waals surface area contributed by atoms with Gasteiger partial charge in [0.25, 0.3) is 22.2 Å². The molecule has 0 bridgehead atoms. The van der Waals surface area contributed by atoms with Gasteiger partial charge in [0.05, 0.1) is 5.37 Å². The highest BCUT2D eigenvalue weighted by Crippen LogP contribution is 2.52. The van der Waals surface area contributed by atoms with Crippen molar-refractivity contribution in [2.75, 3.05) is 13.2 Å². The minimum atomic E-state index is -2.90. The smallest absolute Gasteiger partial charge is 0.329 e. The average Bonchev–Trinajstić information content (AvgIpc) is 3.10. The Kier molecular flexibility index (Phi) is 10.9. The van der Waals surface area contributed by atoms with E-state index in [1.54, 1.807) is 16.3 Å². The lowest BCUT2D eigenvalue weighted by Crippen LogP contribution is -2.68. The maximum Gasteiger partial charge on any atom is 0.329 e. The molecule has 0 aliphatic carbocycles. The molecule has 6 rings (SSSR count). The fourth-order valence-electron chi connectivity index (χ4n) is 7.70. The van der Waals surface area contributed by atoms with Crippen LogP contribution < -0.4 is 32.0 Å². The normalized spacial score (nSPS) is 18.3. The fraction of sp³-hybridized carbons (Fsp3) is 0.317. The molecule has 266 valence electrons. The van der Waals surface area contributed by atoms with E-state index in [0.29, 0.717) is 13.2 Å². The summed E-state index contributed by atoms with van der Waals surface area (Å²) in [6.07, 6.45) is 1.47. The van der Waals surface area contributed by atoms with E-state index >= 15 is 0 Å². The van der Waals surface area contributed by atoms with Gasteiger partial charge in [-0.25, -0.2) is 4.79 Å². The molecule has 0 radical (unpaired) electrons. The van der Waals surface area contributed by atoms with Gasteiger partial charge in [-0.3, -0.25) is 14.3 Å². The summed E-state index contributed by atoms with van der Waals surface area (Å²) < 4.78 is 16.5. The molecule has 0 amide bonds. The average molecular weight is 756 g/mol. The van der Waals surface area contributed by atoms with Crippen molar-refractivity contribution in [1.82, 2.24) is 9.55 Å². The van der Waals surface area contributed by atoms with Crippen molar-refractivity contribution >= 4 is 60.7 Å². The molecule has 51 heavy (non-hydrogen) atoms. The molecule has 3 atom stereocenters. The van der Waals surface area contributed by atoms with E-state index in [-0.39, 0.29) is 31.6 Å². The van der Waals surface area contributed by atoms with Gasteiger partial charge in [0.2, 0.25) is 0 Å². The zero-order valence-corrected chi connectivity index (χ0v) is 33.7. The SMILES string of the molecule is CC(C)(C)[Si](OC[C@H]1[C@H](n2cc(Cl)c(=O)[nH]c2=O)S[C@@H]1CO[Si](c1ccccc1)(c1ccccc1)C(C)(C)C)(c1ccccc1)c1ccccc1. The van der Waals surface area contributed by atoms with Crippen LogP contribution in [-0.4, -0.2) is 44.6 Å². The van der Waals surface area contributed by atoms with Crippen LogP contribution >= 0.6 is 23.4 Å². The number of H-pyrrole nitrogens is 1. The second-order valence-corrected chi connectivity index (χ2v) is 25.7. The van der Waals surface area contributed by atoms with Crippen LogP contribution in [0.2, 0.25) is 15.1 Å². The van der Waals surface area contributed by atoms with E-state index in [9.17, 15) is 9.59 Å². The fourth-order valence-corrected chi connectivity index (χ4v) is 18.6. The highest BCUT2D eigenvalue weighted by atomic mass is 35.5. The van der Waals surface area contributed by atoms with Gasteiger partial charge in [0.15, 0.2) is 0 Å². The minimum absolute atomic E-state index is 0.00691. The Labute approximate surface area is 312 Å². The summed E-state index contributed by atoms with van der Waals surface area (Å²) in [6, 6.07) is 42.4. The maximum atomic E-state index is 13.3. The van der Waals surface area contributed by atoms with Crippen molar-refractivity contribution in [2.45, 2.75) is 62.2 Å². The Morgan fingerprint density at radius 2 is 1.02 bits per heavy atom. The first-order valence-corrected chi connectivity index (χ1v) is 22.6. The first kappa shape index (κ1) is 37.3. The highest BCUT2D eigenvalue weighted by molar-refractivity contribution is 8.01. The summed E-state index contributed by atoms with van der Waals surface area (Å²) >= 11 is 7.99. The minimum Gasteiger partial charge on any atom is -0.407 e. The summed E-state index contributed by atoms with van der Waals surface area (Å²) in [6.45, 7) is 14.5. The number of hydrogen-bond donors (Lipinski definition) is 1. The first-order chi connectivity index (χ1) is 24.3. The number of benzene rings is 4. The molecule has 1 N–H and O–H groups in total. The molecular weight excluding hydrogens is 708 g/mol. The van der Waals surface area contributed by atoms with Gasteiger partial charge in [0.1, 0.15) is 5.02 Å². The summed E-state index contributed by atoms with van der Waals surface area (Å²) in [4.78, 5) is 28.0. The van der Waals surface area contributed by atoms with E-state index in [2.05, 4.69) is 144 Å². The number of nitrogens with zero attached hydrogens (tertiary/aromatic N) is 1. The number of aromatic nitrogens is 2. The number of aromatic amines is 1. The van der Waals surface area contributed by atoms with Gasteiger partial charge < -0.3 is 8.85 Å². The molecule has 0 saturated carbocycles. The lowest BCUT2D eigenvalue weighted by Gasteiger charge is -2.50. The van der Waals surface area contributed by atoms with Crippen LogP contribution in [0.4, 0.5) is 0 Å². The van der Waals surface area contributed by atoms with Crippen LogP contribution in [0.25, 0.3) is 0 Å². The quantitative estimate of drug-likeness (QED) is 0.155. The molecule has 2 heterocycles. The molecule has 0 unspecified atom stereocenters. The number of nitrogens with one attached hydrogen (secondary N) is 1. The van der Waals surface area contributed by atoms with Crippen molar-refractivity contribution in [3.8, 4) is 0 Å². The predicted octanol–water partition coefficient (Wildman–Crippen LogP) is 6.57. The van der Waals surface area contributed by atoms with Gasteiger partial charge in [0, 0.05) is 30.6 Å². The molecule has 4 aromatic carbocycles. The van der Waals surface area contributed by atoms with Crippen molar-refractivity contribution in [2.24, 2.45) is 5.92 Å². The molecule has 1 saturated heterocycles. The topological polar surface area (TPSA) is 73.3 Å². The third-order valence-corrected chi connectivity index (χ3v) is 22.1. The standard InChI is InChI=1S/C41H47ClN2O4SSi2/c1-40(2,3)50(30-19-11-7-12-20-30,31-21-13-8-14-22-31)47-28-34-36(49-38(34)44-27-35(42)37(45)43-39(44)46)29-48-51(41(4,5)6,32-23-15-9-16-24-32)33-25-17-10-18-26-33/h7-27,34,36,38H,28-29H2,1-6H3,(H,43,45,46)/t34-,36-,38-/m1/s1. The Balaban J connectivity index is 1.42. The summed E-state index contributed by atoms with van der Waals surface area (Å²) in [7, 11) is -5.73. The second-order valence-electron chi connectivity index (χ2n) is 15.3. The molecule has 1 aromatic heterocycles. The number of thioether (sulfide) groups is 1. The van der Waals surface area contributed by atoms with Crippen molar-refractivity contribution in [3.05, 3.63) is 153 Å². The Morgan fingerprint density at radius 3 is 1.39 bits per heavy atom. The molecule has 6 nitrogen and oxygen atoms in total. The van der Waals surface area contributed by atoms with Crippen LogP contribution in [0, 0.1) is 5.92 Å². The van der Waals surface area contributed by atoms with Gasteiger partial charge in [-0.05, 0) is 30.8 Å². The van der Waals surface area contributed by atoms with Crippen LogP contribution in [0.3, 0.4) is 0 Å². The van der Waals surface area contributed by atoms with E-state index < -0.39 is 27.9 Å². The van der Waals surface area contributed by atoms with E-state index in [4.69, 9.17) is 20.5 Å². The maximum absolute atomic E-state index is 13.3. The van der Waals surface area contributed by atoms with Gasteiger partial charge in [-0.15, -0.1) is 11.8 Å². The third-order valence-electron chi connectivity index (χ3n) is 10.1. The third kappa shape index (κ3) is 7.04. The Hall–Kier alpha value is -3.45. The van der Waals surface area contributed by atoms with Crippen LogP contribution in [-0.2, 0) is 8.85 Å². The van der Waals surface area contributed by atoms with Crippen molar-refractivity contribution in [1.29, 1.82) is 0 Å². The van der Waals surface area contributed by atoms with Crippen LogP contribution in [0.15, 0.2) is 137 Å². The number of halogens is 1. The van der Waals surface area contributed by atoms with E-state index in [1.807, 2.05) is 24.3 Å². The largest absolute Gasteiger partial charge is 0.407 e. The van der Waals surface area contributed by atoms with Crippen molar-refractivity contribution in [3.63, 3.8) is 0 Å². The molecule has 1 aliphatic rings. The van der Waals surface area contributed by atoms with E-state index in [1.165, 1.54) is 26.9 Å². The lowest BCUT2D eigenvalue weighted by molar-refractivity contribution is 0.165. The number of rotatable bonds is 11.